The largest absolute Gasteiger partial charge is 0.329 e. The Morgan fingerprint density at radius 1 is 1.35 bits per heavy atom. The van der Waals surface area contributed by atoms with Crippen LogP contribution >= 0.6 is 12.4 Å². The lowest BCUT2D eigenvalue weighted by atomic mass is 9.92. The van der Waals surface area contributed by atoms with Crippen LogP contribution in [0.1, 0.15) is 25.0 Å². The van der Waals surface area contributed by atoms with Crippen LogP contribution < -0.4 is 11.1 Å². The minimum absolute atomic E-state index is 0. The molecule has 1 aromatic rings. The zero-order valence-electron chi connectivity index (χ0n) is 10.8. The third-order valence-corrected chi connectivity index (χ3v) is 2.98. The molecule has 0 saturated heterocycles. The van der Waals surface area contributed by atoms with Gasteiger partial charge in [0, 0.05) is 12.2 Å². The first-order chi connectivity index (χ1) is 7.38. The summed E-state index contributed by atoms with van der Waals surface area (Å²) < 4.78 is 0. The number of hydrogen-bond donors (Lipinski definition) is 2. The monoisotopic (exact) mass is 256 g/mol. The summed E-state index contributed by atoms with van der Waals surface area (Å²) in [6, 6.07) is 5.87. The Labute approximate surface area is 109 Å². The van der Waals surface area contributed by atoms with Crippen molar-refractivity contribution in [2.24, 2.45) is 11.1 Å². The fourth-order valence-corrected chi connectivity index (χ4v) is 1.27. The maximum atomic E-state index is 11.9. The molecule has 3 N–H and O–H groups in total. The van der Waals surface area contributed by atoms with Crippen LogP contribution in [-0.2, 0) is 4.79 Å². The number of halogens is 1. The molecule has 1 aromatic carbocycles. The van der Waals surface area contributed by atoms with Gasteiger partial charge in [-0.05, 0) is 44.9 Å². The second-order valence-electron chi connectivity index (χ2n) is 4.79. The van der Waals surface area contributed by atoms with E-state index in [1.807, 2.05) is 45.9 Å². The Balaban J connectivity index is 0.00000256. The fourth-order valence-electron chi connectivity index (χ4n) is 1.27. The van der Waals surface area contributed by atoms with Crippen LogP contribution in [0.15, 0.2) is 18.2 Å². The highest BCUT2D eigenvalue weighted by molar-refractivity contribution is 5.95. The molecule has 0 atom stereocenters. The van der Waals surface area contributed by atoms with Gasteiger partial charge in [-0.3, -0.25) is 4.79 Å². The van der Waals surface area contributed by atoms with Crippen molar-refractivity contribution in [2.45, 2.75) is 27.7 Å². The van der Waals surface area contributed by atoms with Gasteiger partial charge < -0.3 is 11.1 Å². The summed E-state index contributed by atoms with van der Waals surface area (Å²) in [7, 11) is 0. The molecule has 0 unspecified atom stereocenters. The van der Waals surface area contributed by atoms with E-state index >= 15 is 0 Å². The van der Waals surface area contributed by atoms with Crippen LogP contribution in [0.3, 0.4) is 0 Å². The molecule has 0 heterocycles. The quantitative estimate of drug-likeness (QED) is 0.874. The van der Waals surface area contributed by atoms with Crippen molar-refractivity contribution in [1.82, 2.24) is 0 Å². The first kappa shape index (κ1) is 15.9. The van der Waals surface area contributed by atoms with E-state index in [0.29, 0.717) is 6.54 Å². The number of hydrogen-bond acceptors (Lipinski definition) is 2. The number of aryl methyl sites for hydroxylation is 1. The molecule has 0 radical (unpaired) electrons. The molecule has 0 aromatic heterocycles. The number of carbonyl (C=O) groups is 1. The van der Waals surface area contributed by atoms with Crippen LogP contribution in [0, 0.1) is 19.3 Å². The van der Waals surface area contributed by atoms with Gasteiger partial charge in [-0.15, -0.1) is 12.4 Å². The average molecular weight is 257 g/mol. The van der Waals surface area contributed by atoms with Gasteiger partial charge in [0.15, 0.2) is 0 Å². The Kier molecular flexibility index (Phi) is 5.66. The van der Waals surface area contributed by atoms with Crippen LogP contribution in [-0.4, -0.2) is 12.5 Å². The number of nitrogens with two attached hydrogens (primary N) is 1. The molecule has 0 fully saturated rings. The van der Waals surface area contributed by atoms with Gasteiger partial charge in [-0.1, -0.05) is 12.1 Å². The Morgan fingerprint density at radius 2 is 1.94 bits per heavy atom. The molecular weight excluding hydrogens is 236 g/mol. The minimum Gasteiger partial charge on any atom is -0.329 e. The summed E-state index contributed by atoms with van der Waals surface area (Å²) in [6.07, 6.45) is 0. The predicted octanol–water partition coefficient (Wildman–Crippen LogP) is 2.65. The zero-order chi connectivity index (χ0) is 12.3. The lowest BCUT2D eigenvalue weighted by molar-refractivity contribution is -0.123. The second kappa shape index (κ2) is 6.03. The van der Waals surface area contributed by atoms with Gasteiger partial charge in [0.25, 0.3) is 0 Å². The minimum atomic E-state index is -0.532. The number of carbonyl (C=O) groups excluding carboxylic acids is 1. The van der Waals surface area contributed by atoms with E-state index in [1.54, 1.807) is 0 Å². The highest BCUT2D eigenvalue weighted by atomic mass is 35.5. The fraction of sp³-hybridized carbons (Fsp3) is 0.462. The molecule has 3 nitrogen and oxygen atoms in total. The Hall–Kier alpha value is -1.06. The van der Waals surface area contributed by atoms with Gasteiger partial charge in [0.2, 0.25) is 5.91 Å². The first-order valence-corrected chi connectivity index (χ1v) is 5.46. The van der Waals surface area contributed by atoms with Crippen LogP contribution in [0.2, 0.25) is 0 Å². The third-order valence-electron chi connectivity index (χ3n) is 2.98. The molecule has 17 heavy (non-hydrogen) atoms. The molecule has 0 aliphatic carbocycles. The number of nitrogens with one attached hydrogen (secondary N) is 1. The predicted molar refractivity (Wildman–Crippen MR) is 74.6 cm³/mol. The number of benzene rings is 1. The van der Waals surface area contributed by atoms with E-state index in [2.05, 4.69) is 5.32 Å². The highest BCUT2D eigenvalue weighted by Gasteiger charge is 2.26. The van der Waals surface area contributed by atoms with Gasteiger partial charge in [0.05, 0.1) is 5.41 Å². The molecule has 0 bridgehead atoms. The first-order valence-electron chi connectivity index (χ1n) is 5.46. The van der Waals surface area contributed by atoms with Crippen LogP contribution in [0.25, 0.3) is 0 Å². The maximum absolute atomic E-state index is 11.9. The van der Waals surface area contributed by atoms with Gasteiger partial charge in [-0.25, -0.2) is 0 Å². The SMILES string of the molecule is Cc1cccc(NC(=O)C(C)(C)CN)c1C.Cl. The number of anilines is 1. The summed E-state index contributed by atoms with van der Waals surface area (Å²) in [5.74, 6) is -0.0382. The van der Waals surface area contributed by atoms with Crippen molar-refractivity contribution in [1.29, 1.82) is 0 Å². The van der Waals surface area contributed by atoms with Crippen molar-refractivity contribution in [3.8, 4) is 0 Å². The molecule has 1 amide bonds. The third kappa shape index (κ3) is 3.72. The summed E-state index contributed by atoms with van der Waals surface area (Å²) >= 11 is 0. The summed E-state index contributed by atoms with van der Waals surface area (Å²) in [6.45, 7) is 8.05. The molecule has 0 aliphatic rings. The lowest BCUT2D eigenvalue weighted by Gasteiger charge is -2.22. The molecule has 96 valence electrons. The van der Waals surface area contributed by atoms with Crippen molar-refractivity contribution < 1.29 is 4.79 Å². The van der Waals surface area contributed by atoms with Crippen molar-refractivity contribution in [3.05, 3.63) is 29.3 Å². The van der Waals surface area contributed by atoms with Crippen molar-refractivity contribution >= 4 is 24.0 Å². The van der Waals surface area contributed by atoms with Crippen LogP contribution in [0.5, 0.6) is 0 Å². The number of rotatable bonds is 3. The zero-order valence-corrected chi connectivity index (χ0v) is 11.6. The summed E-state index contributed by atoms with van der Waals surface area (Å²) in [4.78, 5) is 11.9. The maximum Gasteiger partial charge on any atom is 0.231 e. The lowest BCUT2D eigenvalue weighted by Crippen LogP contribution is -2.37. The Morgan fingerprint density at radius 3 is 2.47 bits per heavy atom. The van der Waals surface area contributed by atoms with E-state index < -0.39 is 5.41 Å². The molecule has 0 saturated carbocycles. The van der Waals surface area contributed by atoms with E-state index in [9.17, 15) is 4.79 Å². The smallest absolute Gasteiger partial charge is 0.231 e. The standard InChI is InChI=1S/C13H20N2O.ClH/c1-9-6-5-7-11(10(9)2)15-12(16)13(3,4)8-14;/h5-7H,8,14H2,1-4H3,(H,15,16);1H. The van der Waals surface area contributed by atoms with Gasteiger partial charge in [-0.2, -0.15) is 0 Å². The van der Waals surface area contributed by atoms with Crippen molar-refractivity contribution in [2.75, 3.05) is 11.9 Å². The highest BCUT2D eigenvalue weighted by Crippen LogP contribution is 2.21. The second-order valence-corrected chi connectivity index (χ2v) is 4.79. The molecular formula is C13H21ClN2O. The van der Waals surface area contributed by atoms with Crippen molar-refractivity contribution in [3.63, 3.8) is 0 Å². The van der Waals surface area contributed by atoms with Gasteiger partial charge >= 0.3 is 0 Å². The average Bonchev–Trinajstić information content (AvgIpc) is 2.24. The normalized spacial score (nSPS) is 10.6. The summed E-state index contributed by atoms with van der Waals surface area (Å²) in [5, 5.41) is 2.92. The van der Waals surface area contributed by atoms with Crippen LogP contribution in [0.4, 0.5) is 5.69 Å². The molecule has 1 rings (SSSR count). The molecule has 4 heteroatoms. The molecule has 0 aliphatic heterocycles. The van der Waals surface area contributed by atoms with E-state index in [4.69, 9.17) is 5.73 Å². The molecule has 0 spiro atoms. The summed E-state index contributed by atoms with van der Waals surface area (Å²) in [5.41, 5.74) is 8.17. The number of amides is 1. The van der Waals surface area contributed by atoms with E-state index in [0.717, 1.165) is 11.3 Å². The van der Waals surface area contributed by atoms with E-state index in [-0.39, 0.29) is 18.3 Å². The van der Waals surface area contributed by atoms with E-state index in [1.165, 1.54) is 5.56 Å². The topological polar surface area (TPSA) is 55.1 Å². The van der Waals surface area contributed by atoms with Gasteiger partial charge in [0.1, 0.15) is 0 Å². The Bertz CT molecular complexity index is 402.